The van der Waals surface area contributed by atoms with Gasteiger partial charge in [0.15, 0.2) is 0 Å². The largest absolute Gasteiger partial charge is 0.378 e. The Kier molecular flexibility index (Phi) is 3.57. The van der Waals surface area contributed by atoms with E-state index in [1.165, 1.54) is 38.5 Å². The van der Waals surface area contributed by atoms with E-state index in [-0.39, 0.29) is 11.9 Å². The first-order valence-corrected chi connectivity index (χ1v) is 7.39. The first-order valence-electron chi connectivity index (χ1n) is 7.39. The number of carbonyl (C=O) groups excluding carboxylic acids is 1. The molecule has 0 aromatic heterocycles. The molecular weight excluding hydrogens is 228 g/mol. The van der Waals surface area contributed by atoms with Gasteiger partial charge in [0.05, 0.1) is 13.2 Å². The van der Waals surface area contributed by atoms with E-state index in [1.807, 2.05) is 0 Å². The Morgan fingerprint density at radius 2 is 2.06 bits per heavy atom. The summed E-state index contributed by atoms with van der Waals surface area (Å²) in [6, 6.07) is -0.0995. The van der Waals surface area contributed by atoms with E-state index < -0.39 is 0 Å². The van der Waals surface area contributed by atoms with Crippen LogP contribution in [0.2, 0.25) is 0 Å². The fraction of sp³-hybridized carbons (Fsp3) is 0.929. The van der Waals surface area contributed by atoms with E-state index in [1.54, 1.807) is 0 Å². The molecule has 0 bridgehead atoms. The lowest BCUT2D eigenvalue weighted by Gasteiger charge is -2.34. The van der Waals surface area contributed by atoms with Crippen molar-refractivity contribution in [1.29, 1.82) is 0 Å². The molecule has 2 saturated heterocycles. The Morgan fingerprint density at radius 3 is 2.78 bits per heavy atom. The van der Waals surface area contributed by atoms with Gasteiger partial charge in [-0.05, 0) is 24.7 Å². The third-order valence-corrected chi connectivity index (χ3v) is 4.88. The molecule has 1 saturated carbocycles. The molecule has 4 heteroatoms. The summed E-state index contributed by atoms with van der Waals surface area (Å²) >= 11 is 0. The molecule has 1 aliphatic carbocycles. The van der Waals surface area contributed by atoms with Crippen LogP contribution in [-0.4, -0.2) is 49.7 Å². The number of nitrogens with zero attached hydrogens (tertiary/aromatic N) is 1. The van der Waals surface area contributed by atoms with Gasteiger partial charge < -0.3 is 15.0 Å². The molecule has 1 spiro atoms. The molecule has 0 aromatic rings. The summed E-state index contributed by atoms with van der Waals surface area (Å²) in [5, 5.41) is 3.27. The standard InChI is InChI=1S/C14H24N2O2/c17-13(12-10-18-9-7-15-12)16-8-6-14(11-16)4-2-1-3-5-14/h12,15H,1-11H2. The quantitative estimate of drug-likeness (QED) is 0.761. The molecule has 4 nitrogen and oxygen atoms in total. The molecule has 1 amide bonds. The van der Waals surface area contributed by atoms with Gasteiger partial charge in [0.25, 0.3) is 0 Å². The van der Waals surface area contributed by atoms with Crippen molar-refractivity contribution in [3.8, 4) is 0 Å². The fourth-order valence-electron chi connectivity index (χ4n) is 3.78. The summed E-state index contributed by atoms with van der Waals surface area (Å²) in [6.45, 7) is 4.02. The maximum absolute atomic E-state index is 12.4. The van der Waals surface area contributed by atoms with Crippen LogP contribution in [0.3, 0.4) is 0 Å². The zero-order valence-electron chi connectivity index (χ0n) is 11.1. The Hall–Kier alpha value is -0.610. The molecule has 18 heavy (non-hydrogen) atoms. The number of hydrogen-bond acceptors (Lipinski definition) is 3. The van der Waals surface area contributed by atoms with Gasteiger partial charge in [0.2, 0.25) is 5.91 Å². The van der Waals surface area contributed by atoms with Gasteiger partial charge in [-0.2, -0.15) is 0 Å². The van der Waals surface area contributed by atoms with Gasteiger partial charge in [0.1, 0.15) is 6.04 Å². The SMILES string of the molecule is O=C(C1COCCN1)N1CCC2(CCCCC2)C1. The third kappa shape index (κ3) is 2.41. The minimum atomic E-state index is -0.0995. The van der Waals surface area contributed by atoms with E-state index in [9.17, 15) is 4.79 Å². The molecule has 0 aromatic carbocycles. The normalized spacial score (nSPS) is 31.8. The highest BCUT2D eigenvalue weighted by molar-refractivity contribution is 5.82. The summed E-state index contributed by atoms with van der Waals surface area (Å²) in [6.07, 6.45) is 7.95. The highest BCUT2D eigenvalue weighted by atomic mass is 16.5. The first-order chi connectivity index (χ1) is 8.79. The molecule has 0 radical (unpaired) electrons. The second kappa shape index (κ2) is 5.17. The van der Waals surface area contributed by atoms with E-state index in [4.69, 9.17) is 4.74 Å². The lowest BCUT2D eigenvalue weighted by atomic mass is 9.73. The number of morpholine rings is 1. The van der Waals surface area contributed by atoms with Gasteiger partial charge >= 0.3 is 0 Å². The van der Waals surface area contributed by atoms with Crippen molar-refractivity contribution in [3.05, 3.63) is 0 Å². The Morgan fingerprint density at radius 1 is 1.22 bits per heavy atom. The maximum atomic E-state index is 12.4. The number of ether oxygens (including phenoxy) is 1. The van der Waals surface area contributed by atoms with E-state index >= 15 is 0 Å². The topological polar surface area (TPSA) is 41.6 Å². The average molecular weight is 252 g/mol. The minimum Gasteiger partial charge on any atom is -0.378 e. The molecule has 1 N–H and O–H groups in total. The van der Waals surface area contributed by atoms with Gasteiger partial charge in [-0.1, -0.05) is 19.3 Å². The molecular formula is C14H24N2O2. The number of rotatable bonds is 1. The van der Waals surface area contributed by atoms with Crippen LogP contribution >= 0.6 is 0 Å². The molecule has 102 valence electrons. The highest BCUT2D eigenvalue weighted by Crippen LogP contribution is 2.43. The van der Waals surface area contributed by atoms with Crippen molar-refractivity contribution in [2.24, 2.45) is 5.41 Å². The number of nitrogens with one attached hydrogen (secondary N) is 1. The zero-order chi connectivity index (χ0) is 12.4. The van der Waals surface area contributed by atoms with Crippen LogP contribution < -0.4 is 5.32 Å². The molecule has 1 unspecified atom stereocenters. The van der Waals surface area contributed by atoms with Crippen LogP contribution in [0.4, 0.5) is 0 Å². The summed E-state index contributed by atoms with van der Waals surface area (Å²) in [5.74, 6) is 0.261. The van der Waals surface area contributed by atoms with Crippen molar-refractivity contribution < 1.29 is 9.53 Å². The Bertz CT molecular complexity index is 307. The van der Waals surface area contributed by atoms with Crippen LogP contribution in [0, 0.1) is 5.41 Å². The van der Waals surface area contributed by atoms with Gasteiger partial charge in [-0.3, -0.25) is 4.79 Å². The Labute approximate surface area is 109 Å². The van der Waals surface area contributed by atoms with Crippen LogP contribution in [0.15, 0.2) is 0 Å². The monoisotopic (exact) mass is 252 g/mol. The minimum absolute atomic E-state index is 0.0995. The van der Waals surface area contributed by atoms with Gasteiger partial charge in [0, 0.05) is 19.6 Å². The lowest BCUT2D eigenvalue weighted by molar-refractivity contribution is -0.135. The molecule has 1 atom stereocenters. The highest BCUT2D eigenvalue weighted by Gasteiger charge is 2.41. The average Bonchev–Trinajstić information content (AvgIpc) is 2.83. The smallest absolute Gasteiger partial charge is 0.242 e. The van der Waals surface area contributed by atoms with Gasteiger partial charge in [-0.15, -0.1) is 0 Å². The van der Waals surface area contributed by atoms with Crippen molar-refractivity contribution in [2.75, 3.05) is 32.8 Å². The van der Waals surface area contributed by atoms with E-state index in [0.29, 0.717) is 12.0 Å². The predicted octanol–water partition coefficient (Wildman–Crippen LogP) is 1.16. The third-order valence-electron chi connectivity index (χ3n) is 4.88. The molecule has 3 aliphatic rings. The zero-order valence-corrected chi connectivity index (χ0v) is 11.1. The molecule has 2 aliphatic heterocycles. The maximum Gasteiger partial charge on any atom is 0.242 e. The van der Waals surface area contributed by atoms with Crippen molar-refractivity contribution in [1.82, 2.24) is 10.2 Å². The number of hydrogen-bond donors (Lipinski definition) is 1. The van der Waals surface area contributed by atoms with Crippen molar-refractivity contribution >= 4 is 5.91 Å². The van der Waals surface area contributed by atoms with Crippen LogP contribution in [0.25, 0.3) is 0 Å². The summed E-state index contributed by atoms with van der Waals surface area (Å²) in [5.41, 5.74) is 0.462. The van der Waals surface area contributed by atoms with E-state index in [0.717, 1.165) is 26.2 Å². The number of carbonyl (C=O) groups is 1. The fourth-order valence-corrected chi connectivity index (χ4v) is 3.78. The van der Waals surface area contributed by atoms with E-state index in [2.05, 4.69) is 10.2 Å². The van der Waals surface area contributed by atoms with Gasteiger partial charge in [-0.25, -0.2) is 0 Å². The second-order valence-electron chi connectivity index (χ2n) is 6.15. The molecule has 3 fully saturated rings. The Balaban J connectivity index is 1.59. The lowest BCUT2D eigenvalue weighted by Crippen LogP contribution is -2.52. The molecule has 2 heterocycles. The summed E-state index contributed by atoms with van der Waals surface area (Å²) in [4.78, 5) is 14.5. The first kappa shape index (κ1) is 12.4. The summed E-state index contributed by atoms with van der Waals surface area (Å²) in [7, 11) is 0. The second-order valence-corrected chi connectivity index (χ2v) is 6.15. The van der Waals surface area contributed by atoms with Crippen molar-refractivity contribution in [3.63, 3.8) is 0 Å². The van der Waals surface area contributed by atoms with Crippen LogP contribution in [0.1, 0.15) is 38.5 Å². The van der Waals surface area contributed by atoms with Crippen molar-refractivity contribution in [2.45, 2.75) is 44.6 Å². The molecule has 3 rings (SSSR count). The summed E-state index contributed by atoms with van der Waals surface area (Å²) < 4.78 is 5.39. The predicted molar refractivity (Wildman–Crippen MR) is 69.3 cm³/mol. The number of amides is 1. The van der Waals surface area contributed by atoms with Crippen LogP contribution in [0.5, 0.6) is 0 Å². The van der Waals surface area contributed by atoms with Crippen LogP contribution in [-0.2, 0) is 9.53 Å². The number of likely N-dealkylation sites (tertiary alicyclic amines) is 1.